The first-order valence-electron chi connectivity index (χ1n) is 9.51. The van der Waals surface area contributed by atoms with Gasteiger partial charge in [0.25, 0.3) is 0 Å². The van der Waals surface area contributed by atoms with E-state index >= 15 is 0 Å². The molecule has 1 aromatic rings. The predicted molar refractivity (Wildman–Crippen MR) is 109 cm³/mol. The summed E-state index contributed by atoms with van der Waals surface area (Å²) in [4.78, 5) is 29.8. The molecule has 0 unspecified atom stereocenters. The van der Waals surface area contributed by atoms with Gasteiger partial charge in [0.1, 0.15) is 5.82 Å². The topological polar surface area (TPSA) is 71.0 Å². The van der Waals surface area contributed by atoms with Gasteiger partial charge in [-0.15, -0.1) is 0 Å². The van der Waals surface area contributed by atoms with Gasteiger partial charge >= 0.3 is 18.0 Å². The minimum atomic E-state index is -4.42. The van der Waals surface area contributed by atoms with E-state index in [0.29, 0.717) is 29.0 Å². The van der Waals surface area contributed by atoms with Crippen LogP contribution in [0.15, 0.2) is 46.2 Å². The summed E-state index contributed by atoms with van der Waals surface area (Å²) in [5, 5.41) is 2.84. The molecular weight excluding hydrogens is 435 g/mol. The molecule has 0 aromatic heterocycles. The second-order valence-electron chi connectivity index (χ2n) is 7.36. The van der Waals surface area contributed by atoms with Crippen LogP contribution in [0.3, 0.4) is 0 Å². The summed E-state index contributed by atoms with van der Waals surface area (Å²) in [5.41, 5.74) is -0.249. The van der Waals surface area contributed by atoms with Gasteiger partial charge in [-0.25, -0.2) is 4.99 Å². The maximum atomic E-state index is 13.0. The van der Waals surface area contributed by atoms with Crippen molar-refractivity contribution in [2.45, 2.75) is 38.1 Å². The highest BCUT2D eigenvalue weighted by Gasteiger charge is 2.45. The minimum Gasteiger partial charge on any atom is -0.365 e. The van der Waals surface area contributed by atoms with E-state index in [1.807, 2.05) is 0 Å². The number of hydrogen-bond acceptors (Lipinski definition) is 4. The number of alkyl halides is 3. The Kier molecular flexibility index (Phi) is 6.56. The summed E-state index contributed by atoms with van der Waals surface area (Å²) in [6.45, 7) is 5.52. The lowest BCUT2D eigenvalue weighted by Gasteiger charge is -2.39. The molecule has 0 bridgehead atoms. The first-order chi connectivity index (χ1) is 14.6. The summed E-state index contributed by atoms with van der Waals surface area (Å²) in [6.07, 6.45) is -0.744. The number of amides is 2. The Morgan fingerprint density at radius 1 is 1.29 bits per heavy atom. The Morgan fingerprint density at radius 2 is 1.97 bits per heavy atom. The van der Waals surface area contributed by atoms with Crippen molar-refractivity contribution in [2.24, 2.45) is 4.99 Å². The van der Waals surface area contributed by atoms with Crippen LogP contribution in [0.25, 0.3) is 0 Å². The third kappa shape index (κ3) is 4.99. The van der Waals surface area contributed by atoms with Gasteiger partial charge in [0, 0.05) is 18.1 Å². The Bertz CT molecular complexity index is 960. The standard InChI is InChI=1S/C21H21ClF3N3O3/c1-13(22)3-6-17(26-2)27-18(29)19(30)28-9-7-20(8-10-28)16-5-4-15(21(23,24)25)11-14(16)12-31-20/h3-6,11H,2,7-10,12H2,1H3,(H,27,29)/b13-3+,17-6+. The number of nitrogens with zero attached hydrogens (tertiary/aromatic N) is 2. The SMILES string of the molecule is C=N/C(=C\C=C(/C)Cl)NC(=O)C(=O)N1CCC2(CC1)OCc1cc(C(F)(F)F)ccc12. The van der Waals surface area contributed by atoms with Crippen LogP contribution in [-0.4, -0.2) is 36.5 Å². The van der Waals surface area contributed by atoms with Gasteiger partial charge in [0.2, 0.25) is 0 Å². The first-order valence-corrected chi connectivity index (χ1v) is 9.89. The number of nitrogens with one attached hydrogen (secondary N) is 1. The van der Waals surface area contributed by atoms with Crippen LogP contribution >= 0.6 is 11.6 Å². The molecule has 2 aliphatic rings. The van der Waals surface area contributed by atoms with E-state index in [2.05, 4.69) is 17.0 Å². The van der Waals surface area contributed by atoms with Crippen molar-refractivity contribution in [1.82, 2.24) is 10.2 Å². The molecule has 1 saturated heterocycles. The van der Waals surface area contributed by atoms with E-state index in [0.717, 1.165) is 12.1 Å². The molecule has 1 aromatic carbocycles. The van der Waals surface area contributed by atoms with Crippen molar-refractivity contribution in [3.63, 3.8) is 0 Å². The highest BCUT2D eigenvalue weighted by molar-refractivity contribution is 6.35. The number of allylic oxidation sites excluding steroid dienone is 3. The molecule has 0 atom stereocenters. The highest BCUT2D eigenvalue weighted by atomic mass is 35.5. The van der Waals surface area contributed by atoms with Gasteiger partial charge < -0.3 is 15.0 Å². The fourth-order valence-corrected chi connectivity index (χ4v) is 3.82. The molecule has 1 N–H and O–H groups in total. The van der Waals surface area contributed by atoms with Crippen molar-refractivity contribution in [3.8, 4) is 0 Å². The van der Waals surface area contributed by atoms with Gasteiger partial charge in [0.05, 0.1) is 17.8 Å². The number of ether oxygens (including phenoxy) is 1. The van der Waals surface area contributed by atoms with Gasteiger partial charge in [-0.2, -0.15) is 13.2 Å². The molecule has 31 heavy (non-hydrogen) atoms. The number of carbonyl (C=O) groups is 2. The molecule has 2 heterocycles. The number of fused-ring (bicyclic) bond motifs is 2. The van der Waals surface area contributed by atoms with Crippen LogP contribution in [0.2, 0.25) is 0 Å². The van der Waals surface area contributed by atoms with E-state index in [4.69, 9.17) is 16.3 Å². The quantitative estimate of drug-likeness (QED) is 0.427. The molecule has 166 valence electrons. The van der Waals surface area contributed by atoms with Crippen molar-refractivity contribution in [3.05, 3.63) is 57.9 Å². The van der Waals surface area contributed by atoms with Crippen molar-refractivity contribution in [1.29, 1.82) is 0 Å². The van der Waals surface area contributed by atoms with Gasteiger partial charge in [-0.3, -0.25) is 9.59 Å². The monoisotopic (exact) mass is 455 g/mol. The van der Waals surface area contributed by atoms with Gasteiger partial charge in [-0.05, 0) is 61.9 Å². The van der Waals surface area contributed by atoms with Crippen molar-refractivity contribution < 1.29 is 27.5 Å². The molecule has 10 heteroatoms. The number of carbonyl (C=O) groups excluding carboxylic acids is 2. The smallest absolute Gasteiger partial charge is 0.365 e. The Hall–Kier alpha value is -2.65. The fraction of sp³-hybridized carbons (Fsp3) is 0.381. The molecule has 1 spiro atoms. The average Bonchev–Trinajstić information content (AvgIpc) is 3.07. The molecule has 0 radical (unpaired) electrons. The zero-order valence-corrected chi connectivity index (χ0v) is 17.5. The van der Waals surface area contributed by atoms with E-state index in [1.54, 1.807) is 6.92 Å². The second-order valence-corrected chi connectivity index (χ2v) is 7.96. The molecule has 2 aliphatic heterocycles. The van der Waals surface area contributed by atoms with Crippen LogP contribution in [0.4, 0.5) is 13.2 Å². The lowest BCUT2D eigenvalue weighted by atomic mass is 9.83. The number of piperidine rings is 1. The number of aliphatic imine (C=N–C) groups is 1. The largest absolute Gasteiger partial charge is 0.416 e. The van der Waals surface area contributed by atoms with Crippen LogP contribution in [0.5, 0.6) is 0 Å². The summed E-state index contributed by atoms with van der Waals surface area (Å²) in [5.74, 6) is -1.51. The number of rotatable bonds is 3. The van der Waals surface area contributed by atoms with E-state index in [9.17, 15) is 22.8 Å². The normalized spacial score (nSPS) is 18.7. The Balaban J connectivity index is 1.66. The number of likely N-dealkylation sites (tertiary alicyclic amines) is 1. The first kappa shape index (κ1) is 23.0. The second kappa shape index (κ2) is 8.84. The van der Waals surface area contributed by atoms with E-state index in [1.165, 1.54) is 23.1 Å². The molecule has 6 nitrogen and oxygen atoms in total. The number of benzene rings is 1. The highest BCUT2D eigenvalue weighted by Crippen LogP contribution is 2.45. The van der Waals surface area contributed by atoms with Crippen LogP contribution in [-0.2, 0) is 32.7 Å². The predicted octanol–water partition coefficient (Wildman–Crippen LogP) is 3.85. The molecule has 1 fully saturated rings. The van der Waals surface area contributed by atoms with E-state index < -0.39 is 29.2 Å². The number of hydrogen-bond donors (Lipinski definition) is 1. The zero-order chi connectivity index (χ0) is 22.8. The molecule has 0 aliphatic carbocycles. The summed E-state index contributed by atoms with van der Waals surface area (Å²) < 4.78 is 44.8. The molecular formula is C21H21ClF3N3O3. The van der Waals surface area contributed by atoms with Crippen molar-refractivity contribution >= 4 is 30.1 Å². The fourth-order valence-electron chi connectivity index (χ4n) is 3.75. The molecule has 0 saturated carbocycles. The average molecular weight is 456 g/mol. The van der Waals surface area contributed by atoms with Crippen LogP contribution < -0.4 is 5.32 Å². The van der Waals surface area contributed by atoms with Gasteiger partial charge in [0.15, 0.2) is 0 Å². The minimum absolute atomic E-state index is 0.0837. The summed E-state index contributed by atoms with van der Waals surface area (Å²) in [6, 6.07) is 3.62. The third-order valence-electron chi connectivity index (χ3n) is 5.36. The molecule has 2 amide bonds. The van der Waals surface area contributed by atoms with Gasteiger partial charge in [-0.1, -0.05) is 17.7 Å². The molecule has 3 rings (SSSR count). The maximum absolute atomic E-state index is 13.0. The Labute approximate surface area is 182 Å². The zero-order valence-electron chi connectivity index (χ0n) is 16.8. The maximum Gasteiger partial charge on any atom is 0.416 e. The lowest BCUT2D eigenvalue weighted by molar-refractivity contribution is -0.149. The van der Waals surface area contributed by atoms with Crippen LogP contribution in [0.1, 0.15) is 36.5 Å². The summed E-state index contributed by atoms with van der Waals surface area (Å²) in [7, 11) is 0. The van der Waals surface area contributed by atoms with E-state index in [-0.39, 0.29) is 25.5 Å². The third-order valence-corrected chi connectivity index (χ3v) is 5.49. The van der Waals surface area contributed by atoms with Crippen molar-refractivity contribution in [2.75, 3.05) is 13.1 Å². The lowest BCUT2D eigenvalue weighted by Crippen LogP contribution is -2.49. The summed E-state index contributed by atoms with van der Waals surface area (Å²) >= 11 is 5.72. The Morgan fingerprint density at radius 3 is 2.55 bits per heavy atom. The van der Waals surface area contributed by atoms with Crippen LogP contribution in [0, 0.1) is 0 Å². The number of halogens is 4.